The Morgan fingerprint density at radius 3 is 2.71 bits per heavy atom. The summed E-state index contributed by atoms with van der Waals surface area (Å²) >= 11 is 0. The monoisotopic (exact) mass is 333 g/mol. The highest BCUT2D eigenvalue weighted by molar-refractivity contribution is 5.96. The molecule has 0 bridgehead atoms. The van der Waals surface area contributed by atoms with Crippen molar-refractivity contribution in [2.45, 2.75) is 26.3 Å². The first-order valence-electron chi connectivity index (χ1n) is 7.46. The predicted molar refractivity (Wildman–Crippen MR) is 84.3 cm³/mol. The molecular formula is C15H19N5O4. The minimum absolute atomic E-state index is 0.122. The van der Waals surface area contributed by atoms with Crippen LogP contribution in [0.3, 0.4) is 0 Å². The number of nitrogens with one attached hydrogen (secondary N) is 2. The number of carboxylic acids is 1. The first-order valence-corrected chi connectivity index (χ1v) is 7.46. The van der Waals surface area contributed by atoms with Gasteiger partial charge in [-0.1, -0.05) is 13.8 Å². The van der Waals surface area contributed by atoms with E-state index >= 15 is 0 Å². The van der Waals surface area contributed by atoms with Crippen molar-refractivity contribution >= 4 is 23.4 Å². The molecular weight excluding hydrogens is 314 g/mol. The number of carbonyl (C=O) groups is 3. The third kappa shape index (κ3) is 4.51. The number of carbonyl (C=O) groups excluding carboxylic acids is 2. The van der Waals surface area contributed by atoms with E-state index in [0.29, 0.717) is 17.6 Å². The van der Waals surface area contributed by atoms with Crippen LogP contribution in [0, 0.1) is 5.92 Å². The largest absolute Gasteiger partial charge is 0.480 e. The van der Waals surface area contributed by atoms with Crippen molar-refractivity contribution in [2.75, 3.05) is 6.54 Å². The molecule has 0 spiro atoms. The number of hydrogen-bond acceptors (Lipinski definition) is 5. The van der Waals surface area contributed by atoms with Crippen LogP contribution in [0.2, 0.25) is 0 Å². The summed E-state index contributed by atoms with van der Waals surface area (Å²) in [5.74, 6) is -1.98. The Labute approximate surface area is 138 Å². The fourth-order valence-electron chi connectivity index (χ4n) is 2.16. The van der Waals surface area contributed by atoms with Gasteiger partial charge in [-0.15, -0.1) is 10.2 Å². The van der Waals surface area contributed by atoms with E-state index in [2.05, 4.69) is 20.8 Å². The van der Waals surface area contributed by atoms with E-state index in [1.54, 1.807) is 22.7 Å². The summed E-state index contributed by atoms with van der Waals surface area (Å²) in [4.78, 5) is 35.0. The van der Waals surface area contributed by atoms with Crippen LogP contribution in [0.15, 0.2) is 24.7 Å². The van der Waals surface area contributed by atoms with Gasteiger partial charge in [-0.2, -0.15) is 0 Å². The van der Waals surface area contributed by atoms with Crippen LogP contribution in [-0.4, -0.2) is 50.1 Å². The average molecular weight is 333 g/mol. The molecule has 0 aromatic carbocycles. The van der Waals surface area contributed by atoms with E-state index in [0.717, 1.165) is 0 Å². The maximum absolute atomic E-state index is 12.1. The number of aliphatic carboxylic acids is 1. The molecule has 0 aliphatic carbocycles. The maximum atomic E-state index is 12.1. The normalized spacial score (nSPS) is 12.1. The lowest BCUT2D eigenvalue weighted by molar-refractivity contribution is -0.142. The van der Waals surface area contributed by atoms with Gasteiger partial charge in [0.15, 0.2) is 5.65 Å². The molecule has 9 nitrogen and oxygen atoms in total. The smallest absolute Gasteiger partial charge is 0.326 e. The molecule has 2 rings (SSSR count). The van der Waals surface area contributed by atoms with Gasteiger partial charge in [0.2, 0.25) is 5.91 Å². The summed E-state index contributed by atoms with van der Waals surface area (Å²) < 4.78 is 1.58. The fraction of sp³-hybridized carbons (Fsp3) is 0.400. The molecule has 1 atom stereocenters. The summed E-state index contributed by atoms with van der Waals surface area (Å²) in [6, 6.07) is 2.23. The Kier molecular flexibility index (Phi) is 5.46. The van der Waals surface area contributed by atoms with Crippen molar-refractivity contribution in [3.05, 3.63) is 30.2 Å². The molecule has 24 heavy (non-hydrogen) atoms. The summed E-state index contributed by atoms with van der Waals surface area (Å²) in [6.07, 6.45) is 3.32. The molecule has 0 unspecified atom stereocenters. The number of carboxylic acid groups (broad SMARTS) is 1. The molecule has 2 heterocycles. The van der Waals surface area contributed by atoms with E-state index in [1.165, 1.54) is 6.33 Å². The maximum Gasteiger partial charge on any atom is 0.326 e. The van der Waals surface area contributed by atoms with Gasteiger partial charge in [-0.05, 0) is 24.5 Å². The molecule has 0 aliphatic heterocycles. The number of hydrogen-bond donors (Lipinski definition) is 3. The van der Waals surface area contributed by atoms with Crippen molar-refractivity contribution in [3.63, 3.8) is 0 Å². The molecule has 0 saturated heterocycles. The second kappa shape index (κ2) is 7.53. The molecule has 0 aliphatic rings. The van der Waals surface area contributed by atoms with Crippen LogP contribution in [-0.2, 0) is 9.59 Å². The second-order valence-electron chi connectivity index (χ2n) is 5.78. The SMILES string of the molecule is CC(C)C[C@H](NC(=O)CNC(=O)c1ccc2nncn2c1)C(=O)O. The van der Waals surface area contributed by atoms with Crippen LogP contribution >= 0.6 is 0 Å². The van der Waals surface area contributed by atoms with Crippen LogP contribution in [0.25, 0.3) is 5.65 Å². The van der Waals surface area contributed by atoms with Crippen LogP contribution in [0.1, 0.15) is 30.6 Å². The number of nitrogens with zero attached hydrogens (tertiary/aromatic N) is 3. The third-order valence-corrected chi connectivity index (χ3v) is 3.30. The lowest BCUT2D eigenvalue weighted by atomic mass is 10.0. The first kappa shape index (κ1) is 17.4. The van der Waals surface area contributed by atoms with Gasteiger partial charge in [-0.25, -0.2) is 4.79 Å². The number of aromatic nitrogens is 3. The summed E-state index contributed by atoms with van der Waals surface area (Å²) in [7, 11) is 0. The minimum atomic E-state index is -1.10. The van der Waals surface area contributed by atoms with E-state index in [-0.39, 0.29) is 12.5 Å². The number of amides is 2. The van der Waals surface area contributed by atoms with E-state index in [9.17, 15) is 14.4 Å². The topological polar surface area (TPSA) is 126 Å². The quantitative estimate of drug-likeness (QED) is 0.658. The van der Waals surface area contributed by atoms with Crippen molar-refractivity contribution in [1.82, 2.24) is 25.2 Å². The van der Waals surface area contributed by atoms with Gasteiger partial charge >= 0.3 is 5.97 Å². The molecule has 0 fully saturated rings. The lowest BCUT2D eigenvalue weighted by Crippen LogP contribution is -2.46. The second-order valence-corrected chi connectivity index (χ2v) is 5.78. The highest BCUT2D eigenvalue weighted by Crippen LogP contribution is 2.05. The molecule has 9 heteroatoms. The zero-order valence-corrected chi connectivity index (χ0v) is 13.4. The Balaban J connectivity index is 1.90. The van der Waals surface area contributed by atoms with Gasteiger partial charge in [-0.3, -0.25) is 14.0 Å². The van der Waals surface area contributed by atoms with Crippen molar-refractivity contribution in [3.8, 4) is 0 Å². The third-order valence-electron chi connectivity index (χ3n) is 3.30. The minimum Gasteiger partial charge on any atom is -0.480 e. The molecule has 0 saturated carbocycles. The van der Waals surface area contributed by atoms with Gasteiger partial charge < -0.3 is 15.7 Å². The zero-order chi connectivity index (χ0) is 17.7. The summed E-state index contributed by atoms with van der Waals surface area (Å²) in [6.45, 7) is 3.43. The molecule has 0 radical (unpaired) electrons. The highest BCUT2D eigenvalue weighted by atomic mass is 16.4. The Morgan fingerprint density at radius 1 is 1.29 bits per heavy atom. The Hall–Kier alpha value is -2.97. The number of fused-ring (bicyclic) bond motifs is 1. The first-order chi connectivity index (χ1) is 11.4. The fourth-order valence-corrected chi connectivity index (χ4v) is 2.16. The van der Waals surface area contributed by atoms with Crippen molar-refractivity contribution in [2.24, 2.45) is 5.92 Å². The van der Waals surface area contributed by atoms with Gasteiger partial charge in [0, 0.05) is 6.20 Å². The average Bonchev–Trinajstić information content (AvgIpc) is 2.98. The molecule has 2 amide bonds. The van der Waals surface area contributed by atoms with Crippen LogP contribution in [0.5, 0.6) is 0 Å². The molecule has 2 aromatic heterocycles. The number of rotatable bonds is 7. The van der Waals surface area contributed by atoms with Gasteiger partial charge in [0.05, 0.1) is 12.1 Å². The summed E-state index contributed by atoms with van der Waals surface area (Å²) in [5.41, 5.74) is 0.939. The Morgan fingerprint density at radius 2 is 2.04 bits per heavy atom. The Bertz CT molecular complexity index is 755. The molecule has 2 aromatic rings. The highest BCUT2D eigenvalue weighted by Gasteiger charge is 2.21. The van der Waals surface area contributed by atoms with E-state index in [1.807, 2.05) is 13.8 Å². The summed E-state index contributed by atoms with van der Waals surface area (Å²) in [5, 5.41) is 21.5. The predicted octanol–water partition coefficient (Wildman–Crippen LogP) is 0.0746. The van der Waals surface area contributed by atoms with E-state index < -0.39 is 23.8 Å². The van der Waals surface area contributed by atoms with Crippen LogP contribution < -0.4 is 10.6 Å². The van der Waals surface area contributed by atoms with Crippen LogP contribution in [0.4, 0.5) is 0 Å². The zero-order valence-electron chi connectivity index (χ0n) is 13.4. The molecule has 3 N–H and O–H groups in total. The standard InChI is InChI=1S/C15H19N5O4/c1-9(2)5-11(15(23)24)18-13(21)6-16-14(22)10-3-4-12-19-17-8-20(12)7-10/h3-4,7-9,11H,5-6H2,1-2H3,(H,16,22)(H,18,21)(H,23,24)/t11-/m0/s1. The van der Waals surface area contributed by atoms with Crippen molar-refractivity contribution < 1.29 is 19.5 Å². The molecule has 128 valence electrons. The van der Waals surface area contributed by atoms with Gasteiger partial charge in [0.1, 0.15) is 12.4 Å². The lowest BCUT2D eigenvalue weighted by Gasteiger charge is -2.16. The number of pyridine rings is 1. The van der Waals surface area contributed by atoms with Crippen molar-refractivity contribution in [1.29, 1.82) is 0 Å². The van der Waals surface area contributed by atoms with E-state index in [4.69, 9.17) is 5.11 Å². The van der Waals surface area contributed by atoms with Gasteiger partial charge in [0.25, 0.3) is 5.91 Å².